The number of hydrogen-bond acceptors (Lipinski definition) is 2. The normalized spacial score (nSPS) is 11.1. The Labute approximate surface area is 137 Å². The first kappa shape index (κ1) is 16.4. The number of halogens is 1. The van der Waals surface area contributed by atoms with Gasteiger partial charge in [0.25, 0.3) is 0 Å². The summed E-state index contributed by atoms with van der Waals surface area (Å²) < 4.78 is 0. The Balaban J connectivity index is 2.12. The number of rotatable bonds is 6. The second-order valence-corrected chi connectivity index (χ2v) is 7.24. The topological polar surface area (TPSA) is 12.0 Å². The van der Waals surface area contributed by atoms with Gasteiger partial charge in [0.2, 0.25) is 0 Å². The van der Waals surface area contributed by atoms with Crippen molar-refractivity contribution in [2.75, 3.05) is 6.54 Å². The van der Waals surface area contributed by atoms with E-state index in [1.165, 1.54) is 20.9 Å². The third-order valence-corrected chi connectivity index (χ3v) is 4.50. The third-order valence-electron chi connectivity index (χ3n) is 3.14. The summed E-state index contributed by atoms with van der Waals surface area (Å²) in [5.41, 5.74) is 2.54. The van der Waals surface area contributed by atoms with E-state index >= 15 is 0 Å². The highest BCUT2D eigenvalue weighted by molar-refractivity contribution is 7.99. The molecule has 0 radical (unpaired) electrons. The molecule has 0 atom stereocenters. The standard InChI is InChI=1S/C18H22ClNS/c1-13(2)11-20-12-15-10-16(19)6-9-18(15)21-17-7-4-14(3)5-8-17/h4-10,13,20H,11-12H2,1-3H3. The molecule has 0 saturated carbocycles. The van der Waals surface area contributed by atoms with Gasteiger partial charge in [-0.25, -0.2) is 0 Å². The average molecular weight is 320 g/mol. The molecule has 0 fully saturated rings. The van der Waals surface area contributed by atoms with Gasteiger partial charge >= 0.3 is 0 Å². The van der Waals surface area contributed by atoms with Crippen LogP contribution < -0.4 is 5.32 Å². The quantitative estimate of drug-likeness (QED) is 0.749. The smallest absolute Gasteiger partial charge is 0.0410 e. The summed E-state index contributed by atoms with van der Waals surface area (Å²) >= 11 is 7.94. The highest BCUT2D eigenvalue weighted by Crippen LogP contribution is 2.32. The van der Waals surface area contributed by atoms with E-state index in [9.17, 15) is 0 Å². The van der Waals surface area contributed by atoms with Gasteiger partial charge in [-0.1, -0.05) is 54.9 Å². The summed E-state index contributed by atoms with van der Waals surface area (Å²) in [5.74, 6) is 0.650. The summed E-state index contributed by atoms with van der Waals surface area (Å²) in [6.07, 6.45) is 0. The van der Waals surface area contributed by atoms with E-state index < -0.39 is 0 Å². The summed E-state index contributed by atoms with van der Waals surface area (Å²) in [4.78, 5) is 2.52. The highest BCUT2D eigenvalue weighted by atomic mass is 35.5. The predicted molar refractivity (Wildman–Crippen MR) is 93.3 cm³/mol. The number of hydrogen-bond donors (Lipinski definition) is 1. The summed E-state index contributed by atoms with van der Waals surface area (Å²) in [6, 6.07) is 14.8. The zero-order valence-corrected chi connectivity index (χ0v) is 14.4. The van der Waals surface area contributed by atoms with Gasteiger partial charge in [-0.05, 0) is 55.3 Å². The highest BCUT2D eigenvalue weighted by Gasteiger charge is 2.06. The van der Waals surface area contributed by atoms with Crippen molar-refractivity contribution in [3.63, 3.8) is 0 Å². The van der Waals surface area contributed by atoms with Crippen LogP contribution in [0.2, 0.25) is 5.02 Å². The molecule has 0 aliphatic rings. The van der Waals surface area contributed by atoms with Crippen LogP contribution in [0.3, 0.4) is 0 Å². The van der Waals surface area contributed by atoms with Crippen LogP contribution in [0.15, 0.2) is 52.3 Å². The van der Waals surface area contributed by atoms with Crippen LogP contribution in [0.5, 0.6) is 0 Å². The Hall–Kier alpha value is -0.960. The summed E-state index contributed by atoms with van der Waals surface area (Å²) in [6.45, 7) is 8.41. The van der Waals surface area contributed by atoms with Gasteiger partial charge in [0.15, 0.2) is 0 Å². The molecule has 2 rings (SSSR count). The number of benzene rings is 2. The fourth-order valence-corrected chi connectivity index (χ4v) is 3.13. The van der Waals surface area contributed by atoms with E-state index in [0.29, 0.717) is 5.92 Å². The van der Waals surface area contributed by atoms with E-state index in [-0.39, 0.29) is 0 Å². The van der Waals surface area contributed by atoms with Crippen LogP contribution in [-0.2, 0) is 6.54 Å². The lowest BCUT2D eigenvalue weighted by Crippen LogP contribution is -2.19. The molecule has 0 aromatic heterocycles. The minimum Gasteiger partial charge on any atom is -0.312 e. The molecule has 0 saturated heterocycles. The Morgan fingerprint density at radius 3 is 2.48 bits per heavy atom. The molecule has 2 aromatic rings. The lowest BCUT2D eigenvalue weighted by atomic mass is 10.2. The molecule has 0 bridgehead atoms. The van der Waals surface area contributed by atoms with E-state index in [4.69, 9.17) is 11.6 Å². The van der Waals surface area contributed by atoms with Crippen molar-refractivity contribution in [3.8, 4) is 0 Å². The molecule has 2 aromatic carbocycles. The van der Waals surface area contributed by atoms with E-state index in [1.54, 1.807) is 11.8 Å². The fourth-order valence-electron chi connectivity index (χ4n) is 2.01. The third kappa shape index (κ3) is 5.39. The first-order valence-corrected chi connectivity index (χ1v) is 8.47. The molecule has 0 unspecified atom stereocenters. The van der Waals surface area contributed by atoms with Crippen LogP contribution in [-0.4, -0.2) is 6.54 Å². The molecule has 112 valence electrons. The Kier molecular flexibility index (Phi) is 6.16. The minimum atomic E-state index is 0.650. The molecule has 1 nitrogen and oxygen atoms in total. The second-order valence-electron chi connectivity index (χ2n) is 5.69. The van der Waals surface area contributed by atoms with Gasteiger partial charge in [0.05, 0.1) is 0 Å². The summed E-state index contributed by atoms with van der Waals surface area (Å²) in [5, 5.41) is 4.29. The van der Waals surface area contributed by atoms with Gasteiger partial charge in [-0.3, -0.25) is 0 Å². The molecule has 3 heteroatoms. The van der Waals surface area contributed by atoms with Crippen LogP contribution in [0.4, 0.5) is 0 Å². The first-order valence-electron chi connectivity index (χ1n) is 7.28. The molecule has 1 N–H and O–H groups in total. The van der Waals surface area contributed by atoms with Gasteiger partial charge in [-0.15, -0.1) is 0 Å². The van der Waals surface area contributed by atoms with Gasteiger partial charge in [0.1, 0.15) is 0 Å². The van der Waals surface area contributed by atoms with Crippen molar-refractivity contribution in [2.24, 2.45) is 5.92 Å². The van der Waals surface area contributed by atoms with Crippen LogP contribution in [0.25, 0.3) is 0 Å². The zero-order chi connectivity index (χ0) is 15.2. The van der Waals surface area contributed by atoms with Gasteiger partial charge in [-0.2, -0.15) is 0 Å². The van der Waals surface area contributed by atoms with E-state index in [0.717, 1.165) is 18.1 Å². The summed E-state index contributed by atoms with van der Waals surface area (Å²) in [7, 11) is 0. The minimum absolute atomic E-state index is 0.650. The van der Waals surface area contributed by atoms with Gasteiger partial charge < -0.3 is 5.32 Å². The molecule has 21 heavy (non-hydrogen) atoms. The molecule has 0 aliphatic heterocycles. The monoisotopic (exact) mass is 319 g/mol. The van der Waals surface area contributed by atoms with Crippen LogP contribution in [0, 0.1) is 12.8 Å². The predicted octanol–water partition coefficient (Wildman–Crippen LogP) is 5.55. The first-order chi connectivity index (χ1) is 10.0. The second kappa shape index (κ2) is 7.88. The molecule has 0 heterocycles. The maximum atomic E-state index is 6.15. The van der Waals surface area contributed by atoms with Crippen molar-refractivity contribution >= 4 is 23.4 Å². The van der Waals surface area contributed by atoms with Crippen molar-refractivity contribution in [2.45, 2.75) is 37.1 Å². The molecular formula is C18H22ClNS. The molecule has 0 aliphatic carbocycles. The average Bonchev–Trinajstić information content (AvgIpc) is 2.43. The Morgan fingerprint density at radius 1 is 1.10 bits per heavy atom. The van der Waals surface area contributed by atoms with Crippen molar-refractivity contribution in [1.82, 2.24) is 5.32 Å². The van der Waals surface area contributed by atoms with Crippen molar-refractivity contribution in [3.05, 3.63) is 58.6 Å². The Bertz CT molecular complexity index is 578. The Morgan fingerprint density at radius 2 is 1.81 bits per heavy atom. The fraction of sp³-hybridized carbons (Fsp3) is 0.333. The molecule has 0 spiro atoms. The van der Waals surface area contributed by atoms with E-state index in [1.807, 2.05) is 6.07 Å². The molecular weight excluding hydrogens is 298 g/mol. The van der Waals surface area contributed by atoms with Crippen molar-refractivity contribution < 1.29 is 0 Å². The lowest BCUT2D eigenvalue weighted by molar-refractivity contribution is 0.550. The maximum absolute atomic E-state index is 6.15. The maximum Gasteiger partial charge on any atom is 0.0410 e. The largest absolute Gasteiger partial charge is 0.312 e. The van der Waals surface area contributed by atoms with Crippen LogP contribution in [0.1, 0.15) is 25.0 Å². The lowest BCUT2D eigenvalue weighted by Gasteiger charge is -2.12. The SMILES string of the molecule is Cc1ccc(Sc2ccc(Cl)cc2CNCC(C)C)cc1. The van der Waals surface area contributed by atoms with E-state index in [2.05, 4.69) is 62.5 Å². The van der Waals surface area contributed by atoms with Crippen LogP contribution >= 0.6 is 23.4 Å². The zero-order valence-electron chi connectivity index (χ0n) is 12.8. The molecule has 0 amide bonds. The number of nitrogens with one attached hydrogen (secondary N) is 1. The van der Waals surface area contributed by atoms with Crippen molar-refractivity contribution in [1.29, 1.82) is 0 Å². The number of aryl methyl sites for hydroxylation is 1. The van der Waals surface area contributed by atoms with Gasteiger partial charge in [0, 0.05) is 21.4 Å².